The molecule has 0 radical (unpaired) electrons. The molecule has 1 saturated heterocycles. The molecule has 2 aromatic carbocycles. The molecule has 1 aliphatic heterocycles. The Labute approximate surface area is 236 Å². The Morgan fingerprint density at radius 3 is 2.77 bits per heavy atom. The van der Waals surface area contributed by atoms with Gasteiger partial charge in [-0.15, -0.1) is 10.2 Å². The number of hydrogen-bond acceptors (Lipinski definition) is 6. The lowest BCUT2D eigenvalue weighted by Gasteiger charge is -2.15. The number of para-hydroxylation sites is 3. The fourth-order valence-electron chi connectivity index (χ4n) is 5.22. The first-order chi connectivity index (χ1) is 19.0. The molecule has 1 fully saturated rings. The Morgan fingerprint density at radius 1 is 1.13 bits per heavy atom. The number of halogens is 1. The Kier molecular flexibility index (Phi) is 7.29. The van der Waals surface area contributed by atoms with Crippen molar-refractivity contribution < 1.29 is 9.53 Å². The number of carbonyl (C=O) groups excluding carboxylic acids is 1. The second kappa shape index (κ2) is 11.0. The largest absolute Gasteiger partial charge is 0.376 e. The molecule has 0 saturated carbocycles. The smallest absolute Gasteiger partial charge is 0.196 e. The summed E-state index contributed by atoms with van der Waals surface area (Å²) in [6.45, 7) is 6.12. The maximum absolute atomic E-state index is 13.4. The highest BCUT2D eigenvalue weighted by Crippen LogP contribution is 2.29. The van der Waals surface area contributed by atoms with Gasteiger partial charge in [-0.2, -0.15) is 0 Å². The monoisotopic (exact) mass is 560 g/mol. The number of hydrogen-bond donors (Lipinski definition) is 0. The van der Waals surface area contributed by atoms with Crippen LogP contribution in [-0.4, -0.2) is 53.1 Å². The molecule has 39 heavy (non-hydrogen) atoms. The second-order valence-electron chi connectivity index (χ2n) is 9.79. The van der Waals surface area contributed by atoms with Gasteiger partial charge in [0.2, 0.25) is 0 Å². The van der Waals surface area contributed by atoms with Gasteiger partial charge in [0.25, 0.3) is 0 Å². The first-order valence-electron chi connectivity index (χ1n) is 13.0. The van der Waals surface area contributed by atoms with Crippen molar-refractivity contribution in [3.05, 3.63) is 88.7 Å². The summed E-state index contributed by atoms with van der Waals surface area (Å²) in [4.78, 5) is 17.9. The summed E-state index contributed by atoms with van der Waals surface area (Å²) in [5.41, 5.74) is 5.49. The third-order valence-electron chi connectivity index (χ3n) is 7.25. The minimum Gasteiger partial charge on any atom is -0.376 e. The molecular weight excluding hydrogens is 532 g/mol. The summed E-state index contributed by atoms with van der Waals surface area (Å²) >= 11 is 7.99. The van der Waals surface area contributed by atoms with Crippen LogP contribution in [0.5, 0.6) is 0 Å². The second-order valence-corrected chi connectivity index (χ2v) is 11.1. The number of ether oxygens (including phenoxy) is 1. The Balaban J connectivity index is 1.27. The number of Topliss-reactive ketones (excluding diaryl/α,β-unsaturated/α-hetero) is 1. The summed E-state index contributed by atoms with van der Waals surface area (Å²) in [6, 6.07) is 17.6. The van der Waals surface area contributed by atoms with Crippen molar-refractivity contribution >= 4 is 40.2 Å². The molecule has 0 bridgehead atoms. The van der Waals surface area contributed by atoms with E-state index in [-0.39, 0.29) is 17.6 Å². The summed E-state index contributed by atoms with van der Waals surface area (Å²) in [5.74, 6) is 0.999. The van der Waals surface area contributed by atoms with E-state index in [9.17, 15) is 4.79 Å². The first-order valence-corrected chi connectivity index (χ1v) is 14.4. The van der Waals surface area contributed by atoms with E-state index in [0.717, 1.165) is 59.7 Å². The summed E-state index contributed by atoms with van der Waals surface area (Å²) in [7, 11) is 0. The normalized spacial score (nSPS) is 15.4. The van der Waals surface area contributed by atoms with Crippen LogP contribution in [0, 0.1) is 13.8 Å². The van der Waals surface area contributed by atoms with Gasteiger partial charge in [-0.05, 0) is 57.0 Å². The fraction of sp³-hybridized carbons (Fsp3) is 0.310. The number of thioether (sulfide) groups is 1. The van der Waals surface area contributed by atoms with Crippen molar-refractivity contribution in [2.75, 3.05) is 12.4 Å². The highest BCUT2D eigenvalue weighted by Gasteiger charge is 2.23. The van der Waals surface area contributed by atoms with E-state index in [1.807, 2.05) is 77.6 Å². The van der Waals surface area contributed by atoms with Crippen LogP contribution in [-0.2, 0) is 17.8 Å². The zero-order chi connectivity index (χ0) is 26.9. The highest BCUT2D eigenvalue weighted by atomic mass is 35.5. The van der Waals surface area contributed by atoms with Crippen molar-refractivity contribution in [3.8, 4) is 5.69 Å². The van der Waals surface area contributed by atoms with E-state index in [1.165, 1.54) is 11.8 Å². The Hall–Kier alpha value is -3.40. The van der Waals surface area contributed by atoms with Crippen LogP contribution in [0.3, 0.4) is 0 Å². The van der Waals surface area contributed by atoms with Crippen molar-refractivity contribution in [1.29, 1.82) is 0 Å². The van der Waals surface area contributed by atoms with Gasteiger partial charge in [-0.3, -0.25) is 9.36 Å². The molecule has 1 atom stereocenters. The maximum Gasteiger partial charge on any atom is 0.196 e. The first kappa shape index (κ1) is 25.9. The Bertz CT molecular complexity index is 1650. The number of imidazole rings is 1. The van der Waals surface area contributed by atoms with E-state index >= 15 is 0 Å². The summed E-state index contributed by atoms with van der Waals surface area (Å²) in [5, 5.41) is 10.2. The van der Waals surface area contributed by atoms with Crippen molar-refractivity contribution in [2.45, 2.75) is 51.0 Å². The molecule has 4 heterocycles. The summed E-state index contributed by atoms with van der Waals surface area (Å²) in [6.07, 6.45) is 4.18. The van der Waals surface area contributed by atoms with Crippen LogP contribution in [0.2, 0.25) is 5.02 Å². The van der Waals surface area contributed by atoms with Crippen molar-refractivity contribution in [3.63, 3.8) is 0 Å². The van der Waals surface area contributed by atoms with Crippen molar-refractivity contribution in [1.82, 2.24) is 28.9 Å². The molecule has 0 N–H and O–H groups in total. The van der Waals surface area contributed by atoms with E-state index in [4.69, 9.17) is 16.3 Å². The number of nitrogens with zero attached hydrogens (tertiary/aromatic N) is 6. The number of carbonyl (C=O) groups is 1. The van der Waals surface area contributed by atoms with Gasteiger partial charge >= 0.3 is 0 Å². The molecule has 10 heteroatoms. The topological polar surface area (TPSA) is 79.8 Å². The number of benzene rings is 2. The molecule has 3 aromatic heterocycles. The van der Waals surface area contributed by atoms with E-state index < -0.39 is 0 Å². The molecule has 0 amide bonds. The van der Waals surface area contributed by atoms with Gasteiger partial charge in [-0.25, -0.2) is 4.98 Å². The van der Waals surface area contributed by atoms with Crippen LogP contribution in [0.25, 0.3) is 16.7 Å². The van der Waals surface area contributed by atoms with Gasteiger partial charge in [0.15, 0.2) is 16.8 Å². The van der Waals surface area contributed by atoms with Gasteiger partial charge in [0.1, 0.15) is 0 Å². The van der Waals surface area contributed by atoms with Crippen LogP contribution in [0.4, 0.5) is 0 Å². The van der Waals surface area contributed by atoms with Crippen LogP contribution >= 0.6 is 23.4 Å². The number of aromatic nitrogens is 6. The molecule has 6 rings (SSSR count). The average molecular weight is 561 g/mol. The van der Waals surface area contributed by atoms with Gasteiger partial charge in [-0.1, -0.05) is 47.6 Å². The van der Waals surface area contributed by atoms with Gasteiger partial charge in [0, 0.05) is 30.1 Å². The third-order valence-corrected chi connectivity index (χ3v) is 8.50. The number of fused-ring (bicyclic) bond motifs is 1. The predicted octanol–water partition coefficient (Wildman–Crippen LogP) is 5.89. The quantitative estimate of drug-likeness (QED) is 0.165. The minimum atomic E-state index is 0.0579. The average Bonchev–Trinajstić information content (AvgIpc) is 3.74. The lowest BCUT2D eigenvalue weighted by Crippen LogP contribution is -2.17. The summed E-state index contributed by atoms with van der Waals surface area (Å²) < 4.78 is 12.0. The van der Waals surface area contributed by atoms with Crippen LogP contribution in [0.15, 0.2) is 66.1 Å². The zero-order valence-corrected chi connectivity index (χ0v) is 23.5. The maximum atomic E-state index is 13.4. The van der Waals surface area contributed by atoms with E-state index in [1.54, 1.807) is 6.33 Å². The number of ketones is 1. The molecule has 0 spiro atoms. The van der Waals surface area contributed by atoms with Crippen LogP contribution < -0.4 is 0 Å². The van der Waals surface area contributed by atoms with E-state index in [0.29, 0.717) is 22.5 Å². The van der Waals surface area contributed by atoms with Crippen molar-refractivity contribution in [2.24, 2.45) is 0 Å². The van der Waals surface area contributed by atoms with Gasteiger partial charge in [0.05, 0.1) is 46.5 Å². The molecule has 8 nitrogen and oxygen atoms in total. The van der Waals surface area contributed by atoms with E-state index in [2.05, 4.69) is 19.7 Å². The highest BCUT2D eigenvalue weighted by molar-refractivity contribution is 7.99. The molecule has 5 aromatic rings. The number of aryl methyl sites for hydroxylation is 1. The number of rotatable bonds is 9. The standard InChI is InChI=1S/C29H29ClN6O2S/c1-19-14-22(20(2)35(19)15-21-8-7-13-38-21)27(37)17-39-29-33-32-28(36(29)25-11-5-3-9-23(25)30)16-34-18-31-24-10-4-6-12-26(24)34/h3-6,9-12,14,18,21H,7-8,13,15-17H2,1-2H3. The fourth-order valence-corrected chi connectivity index (χ4v) is 6.29. The molecule has 1 unspecified atom stereocenters. The zero-order valence-electron chi connectivity index (χ0n) is 21.9. The molecule has 0 aliphatic carbocycles. The molecule has 200 valence electrons. The van der Waals surface area contributed by atoms with Gasteiger partial charge < -0.3 is 13.9 Å². The predicted molar refractivity (Wildman–Crippen MR) is 153 cm³/mol. The van der Waals surface area contributed by atoms with Crippen LogP contribution in [0.1, 0.15) is 40.4 Å². The third kappa shape index (κ3) is 5.14. The minimum absolute atomic E-state index is 0.0579. The molecular formula is C29H29ClN6O2S. The Morgan fingerprint density at radius 2 is 1.95 bits per heavy atom. The lowest BCUT2D eigenvalue weighted by atomic mass is 10.2. The lowest BCUT2D eigenvalue weighted by molar-refractivity contribution is 0.0957. The molecule has 1 aliphatic rings. The SMILES string of the molecule is Cc1cc(C(=O)CSc2nnc(Cn3cnc4ccccc43)n2-c2ccccc2Cl)c(C)n1CC1CCCO1.